The highest BCUT2D eigenvalue weighted by Crippen LogP contribution is 2.13. The van der Waals surface area contributed by atoms with Crippen LogP contribution in [0.5, 0.6) is 5.75 Å². The summed E-state index contributed by atoms with van der Waals surface area (Å²) in [6.45, 7) is 0.339. The van der Waals surface area contributed by atoms with Crippen LogP contribution in [-0.4, -0.2) is 13.1 Å². The number of hydrogen-bond donors (Lipinski definition) is 1. The molecule has 0 aliphatic rings. The van der Waals surface area contributed by atoms with Crippen LogP contribution in [-0.2, 0) is 6.54 Å². The zero-order valence-corrected chi connectivity index (χ0v) is 11.4. The first-order valence-electron chi connectivity index (χ1n) is 6.25. The Morgan fingerprint density at radius 1 is 1.14 bits per heavy atom. The third kappa shape index (κ3) is 4.68. The maximum atomic E-state index is 12.7. The van der Waals surface area contributed by atoms with Gasteiger partial charge in [0.05, 0.1) is 12.8 Å². The van der Waals surface area contributed by atoms with Crippen LogP contribution >= 0.6 is 0 Å². The normalized spacial score (nSPS) is 10.6. The van der Waals surface area contributed by atoms with Gasteiger partial charge >= 0.3 is 6.03 Å². The zero-order valence-electron chi connectivity index (χ0n) is 11.4. The summed E-state index contributed by atoms with van der Waals surface area (Å²) >= 11 is 0. The van der Waals surface area contributed by atoms with E-state index in [1.54, 1.807) is 7.11 Å². The van der Waals surface area contributed by atoms with Gasteiger partial charge in [-0.1, -0.05) is 17.2 Å². The van der Waals surface area contributed by atoms with Crippen LogP contribution in [0.3, 0.4) is 0 Å². The first-order chi connectivity index (χ1) is 10.2. The molecule has 1 N–H and O–H groups in total. The van der Waals surface area contributed by atoms with Gasteiger partial charge in [-0.25, -0.2) is 9.18 Å². The van der Waals surface area contributed by atoms with E-state index in [0.29, 0.717) is 12.2 Å². The number of carbonyl (C=O) groups is 1. The Labute approximate surface area is 121 Å². The summed E-state index contributed by atoms with van der Waals surface area (Å²) in [4.78, 5) is 11.5. The van der Waals surface area contributed by atoms with Crippen LogP contribution in [0, 0.1) is 5.82 Å². The molecule has 0 atom stereocenters. The smallest absolute Gasteiger partial charge is 0.359 e. The molecule has 2 aromatic rings. The number of azo groups is 1. The summed E-state index contributed by atoms with van der Waals surface area (Å²) in [5.74, 6) is 0.388. The van der Waals surface area contributed by atoms with Gasteiger partial charge in [0.1, 0.15) is 11.6 Å². The molecule has 0 heterocycles. The van der Waals surface area contributed by atoms with Crippen LogP contribution in [0.2, 0.25) is 0 Å². The average Bonchev–Trinajstić information content (AvgIpc) is 2.53. The maximum Gasteiger partial charge on any atom is 0.359 e. The van der Waals surface area contributed by atoms with Gasteiger partial charge < -0.3 is 10.1 Å². The van der Waals surface area contributed by atoms with E-state index < -0.39 is 6.03 Å². The van der Waals surface area contributed by atoms with Gasteiger partial charge in [0.15, 0.2) is 0 Å². The van der Waals surface area contributed by atoms with E-state index in [9.17, 15) is 9.18 Å². The van der Waals surface area contributed by atoms with E-state index in [1.807, 2.05) is 24.3 Å². The Hall–Kier alpha value is -2.76. The quantitative estimate of drug-likeness (QED) is 0.868. The van der Waals surface area contributed by atoms with Crippen molar-refractivity contribution in [1.29, 1.82) is 0 Å². The van der Waals surface area contributed by atoms with Gasteiger partial charge in [0, 0.05) is 6.54 Å². The lowest BCUT2D eigenvalue weighted by molar-refractivity contribution is 0.247. The number of methoxy groups -OCH3 is 1. The molecule has 0 saturated carbocycles. The molecule has 6 heteroatoms. The maximum absolute atomic E-state index is 12.7. The van der Waals surface area contributed by atoms with Crippen molar-refractivity contribution in [1.82, 2.24) is 5.32 Å². The fraction of sp³-hybridized carbons (Fsp3) is 0.133. The number of benzene rings is 2. The highest BCUT2D eigenvalue weighted by Gasteiger charge is 2.00. The Bertz CT molecular complexity index is 624. The molecular formula is C15H14FN3O2. The van der Waals surface area contributed by atoms with Crippen LogP contribution < -0.4 is 10.1 Å². The average molecular weight is 286 g/mol. The molecule has 0 saturated heterocycles. The topological polar surface area (TPSA) is 63.0 Å². The van der Waals surface area contributed by atoms with Gasteiger partial charge in [0.2, 0.25) is 0 Å². The lowest BCUT2D eigenvalue weighted by Crippen LogP contribution is -2.18. The van der Waals surface area contributed by atoms with Crippen molar-refractivity contribution in [2.75, 3.05) is 7.11 Å². The first kappa shape index (κ1) is 14.6. The largest absolute Gasteiger partial charge is 0.497 e. The van der Waals surface area contributed by atoms with E-state index in [2.05, 4.69) is 15.5 Å². The summed E-state index contributed by atoms with van der Waals surface area (Å²) in [5, 5.41) is 9.82. The Morgan fingerprint density at radius 2 is 1.81 bits per heavy atom. The number of nitrogens with one attached hydrogen (secondary N) is 1. The number of carbonyl (C=O) groups excluding carboxylic acids is 1. The highest BCUT2D eigenvalue weighted by atomic mass is 18.2. The van der Waals surface area contributed by atoms with Gasteiger partial charge in [0.25, 0.3) is 0 Å². The van der Waals surface area contributed by atoms with Crippen molar-refractivity contribution in [3.63, 3.8) is 0 Å². The van der Waals surface area contributed by atoms with E-state index >= 15 is 0 Å². The third-order valence-electron chi connectivity index (χ3n) is 2.69. The summed E-state index contributed by atoms with van der Waals surface area (Å²) in [6, 6.07) is 12.1. The molecule has 0 unspecified atom stereocenters. The summed E-state index contributed by atoms with van der Waals surface area (Å²) in [6.07, 6.45) is 0. The van der Waals surface area contributed by atoms with Crippen LogP contribution in [0.4, 0.5) is 14.9 Å². The number of hydrogen-bond acceptors (Lipinski definition) is 3. The predicted octanol–water partition coefficient (Wildman–Crippen LogP) is 3.83. The highest BCUT2D eigenvalue weighted by molar-refractivity contribution is 5.74. The minimum atomic E-state index is -0.560. The molecule has 2 rings (SSSR count). The molecule has 5 nitrogen and oxygen atoms in total. The molecule has 21 heavy (non-hydrogen) atoms. The van der Waals surface area contributed by atoms with E-state index in [1.165, 1.54) is 24.3 Å². The molecule has 0 fully saturated rings. The zero-order chi connectivity index (χ0) is 15.1. The molecule has 0 aromatic heterocycles. The van der Waals surface area contributed by atoms with E-state index in [4.69, 9.17) is 4.74 Å². The number of ether oxygens (including phenoxy) is 1. The van der Waals surface area contributed by atoms with Gasteiger partial charge in [-0.05, 0) is 42.0 Å². The van der Waals surface area contributed by atoms with Crippen molar-refractivity contribution < 1.29 is 13.9 Å². The first-order valence-corrected chi connectivity index (χ1v) is 6.25. The fourth-order valence-corrected chi connectivity index (χ4v) is 1.57. The Kier molecular flexibility index (Phi) is 4.98. The van der Waals surface area contributed by atoms with Crippen molar-refractivity contribution >= 4 is 11.7 Å². The second kappa shape index (κ2) is 7.14. The Morgan fingerprint density at radius 3 is 2.43 bits per heavy atom. The third-order valence-corrected chi connectivity index (χ3v) is 2.69. The van der Waals surface area contributed by atoms with E-state index in [-0.39, 0.29) is 5.82 Å². The van der Waals surface area contributed by atoms with E-state index in [0.717, 1.165) is 11.3 Å². The van der Waals surface area contributed by atoms with Crippen molar-refractivity contribution in [3.8, 4) is 5.75 Å². The van der Waals surface area contributed by atoms with Crippen molar-refractivity contribution in [2.24, 2.45) is 10.2 Å². The number of amides is 2. The molecule has 2 amide bonds. The fourth-order valence-electron chi connectivity index (χ4n) is 1.57. The molecular weight excluding hydrogens is 272 g/mol. The molecule has 0 bridgehead atoms. The second-order valence-electron chi connectivity index (χ2n) is 4.18. The molecule has 2 aromatic carbocycles. The van der Waals surface area contributed by atoms with Crippen LogP contribution in [0.15, 0.2) is 58.8 Å². The number of nitrogens with zero attached hydrogens (tertiary/aromatic N) is 2. The SMILES string of the molecule is COc1ccc(CNC(=O)N=Nc2ccc([18F])cc2)cc1. The van der Waals surface area contributed by atoms with Crippen molar-refractivity contribution in [2.45, 2.75) is 6.54 Å². The molecule has 0 spiro atoms. The minimum absolute atomic E-state index is 0.339. The number of urea groups is 1. The lowest BCUT2D eigenvalue weighted by Gasteiger charge is -2.03. The van der Waals surface area contributed by atoms with Crippen molar-refractivity contribution in [3.05, 3.63) is 59.9 Å². The molecule has 0 aliphatic heterocycles. The summed E-state index contributed by atoms with van der Waals surface area (Å²) < 4.78 is 17.7. The number of rotatable bonds is 4. The Balaban J connectivity index is 1.85. The number of halogens is 1. The predicted molar refractivity (Wildman–Crippen MR) is 76.1 cm³/mol. The van der Waals surface area contributed by atoms with Crippen LogP contribution in [0.25, 0.3) is 0 Å². The molecule has 0 aliphatic carbocycles. The summed E-state index contributed by atoms with van der Waals surface area (Å²) in [7, 11) is 1.59. The monoisotopic (exact) mass is 286 g/mol. The molecule has 108 valence electrons. The lowest BCUT2D eigenvalue weighted by atomic mass is 10.2. The second-order valence-corrected chi connectivity index (χ2v) is 4.18. The molecule has 0 radical (unpaired) electrons. The van der Waals surface area contributed by atoms with Crippen LogP contribution in [0.1, 0.15) is 5.56 Å². The summed E-state index contributed by atoms with van der Waals surface area (Å²) in [5.41, 5.74) is 1.33. The minimum Gasteiger partial charge on any atom is -0.497 e. The standard InChI is InChI=1S/C15H14FN3O2/c1-21-14-8-2-11(3-9-14)10-17-15(20)19-18-13-6-4-12(16)5-7-13/h2-9H,10H2,1H3,(H,17,20)/i16-1. The van der Waals surface area contributed by atoms with Gasteiger partial charge in [-0.2, -0.15) is 0 Å². The van der Waals surface area contributed by atoms with Gasteiger partial charge in [-0.3, -0.25) is 0 Å². The van der Waals surface area contributed by atoms with Gasteiger partial charge in [-0.15, -0.1) is 5.11 Å².